The molecule has 2 amide bonds. The Balaban J connectivity index is 1.56. The first-order chi connectivity index (χ1) is 13.6. The van der Waals surface area contributed by atoms with Gasteiger partial charge in [0.2, 0.25) is 11.8 Å². The second-order valence-corrected chi connectivity index (χ2v) is 7.02. The van der Waals surface area contributed by atoms with E-state index < -0.39 is 0 Å². The van der Waals surface area contributed by atoms with Crippen LogP contribution < -0.4 is 20.3 Å². The zero-order valence-electron chi connectivity index (χ0n) is 16.5. The first-order valence-corrected chi connectivity index (χ1v) is 9.59. The van der Waals surface area contributed by atoms with Crippen LogP contribution in [0.25, 0.3) is 0 Å². The van der Waals surface area contributed by atoms with Gasteiger partial charge in [-0.25, -0.2) is 0 Å². The van der Waals surface area contributed by atoms with Gasteiger partial charge in [-0.15, -0.1) is 0 Å². The molecular formula is C22H27N3O3. The third-order valence-corrected chi connectivity index (χ3v) is 4.91. The number of anilines is 2. The van der Waals surface area contributed by atoms with E-state index >= 15 is 0 Å². The quantitative estimate of drug-likeness (QED) is 0.773. The normalized spacial score (nSPS) is 12.9. The average molecular weight is 381 g/mol. The number of hydrogen-bond acceptors (Lipinski definition) is 4. The van der Waals surface area contributed by atoms with E-state index in [9.17, 15) is 9.59 Å². The van der Waals surface area contributed by atoms with Crippen molar-refractivity contribution in [3.63, 3.8) is 0 Å². The number of benzene rings is 2. The highest BCUT2D eigenvalue weighted by atomic mass is 16.5. The zero-order chi connectivity index (χ0) is 19.9. The van der Waals surface area contributed by atoms with Crippen LogP contribution in [-0.2, 0) is 22.6 Å². The van der Waals surface area contributed by atoms with Gasteiger partial charge in [-0.05, 0) is 30.0 Å². The van der Waals surface area contributed by atoms with Crippen LogP contribution in [0.2, 0.25) is 0 Å². The van der Waals surface area contributed by atoms with Gasteiger partial charge in [-0.3, -0.25) is 9.59 Å². The standard InChI is InChI=1S/C22H27N3O3/c1-25-12-6-9-17-13-18(28-2)14-19(22(17)25)24-21(27)11-10-20(26)23-15-16-7-4-3-5-8-16/h3-5,7-8,13-14H,6,9-12,15H2,1-2H3,(H,23,26)(H,24,27). The van der Waals surface area contributed by atoms with Gasteiger partial charge in [-0.2, -0.15) is 0 Å². The molecular weight excluding hydrogens is 354 g/mol. The first-order valence-electron chi connectivity index (χ1n) is 9.59. The van der Waals surface area contributed by atoms with Crippen molar-refractivity contribution in [3.05, 3.63) is 53.6 Å². The summed E-state index contributed by atoms with van der Waals surface area (Å²) in [5.41, 5.74) is 3.98. The molecule has 2 aromatic carbocycles. The van der Waals surface area contributed by atoms with Crippen molar-refractivity contribution in [1.82, 2.24) is 5.32 Å². The highest BCUT2D eigenvalue weighted by Crippen LogP contribution is 2.37. The minimum Gasteiger partial charge on any atom is -0.497 e. The number of ether oxygens (including phenoxy) is 1. The van der Waals surface area contributed by atoms with Gasteiger partial charge in [0.15, 0.2) is 0 Å². The average Bonchev–Trinajstić information content (AvgIpc) is 2.71. The molecule has 2 N–H and O–H groups in total. The monoisotopic (exact) mass is 381 g/mol. The molecule has 1 aliphatic heterocycles. The minimum absolute atomic E-state index is 0.135. The number of carbonyl (C=O) groups excluding carboxylic acids is 2. The second-order valence-electron chi connectivity index (χ2n) is 7.02. The van der Waals surface area contributed by atoms with Gasteiger partial charge in [-0.1, -0.05) is 30.3 Å². The van der Waals surface area contributed by atoms with Crippen LogP contribution in [-0.4, -0.2) is 32.5 Å². The second kappa shape index (κ2) is 9.26. The summed E-state index contributed by atoms with van der Waals surface area (Å²) in [6, 6.07) is 13.6. The summed E-state index contributed by atoms with van der Waals surface area (Å²) in [6.07, 6.45) is 2.32. The van der Waals surface area contributed by atoms with Gasteiger partial charge in [0.05, 0.1) is 18.5 Å². The van der Waals surface area contributed by atoms with E-state index in [2.05, 4.69) is 15.5 Å². The minimum atomic E-state index is -0.177. The van der Waals surface area contributed by atoms with E-state index in [0.717, 1.165) is 42.1 Å². The van der Waals surface area contributed by atoms with Crippen molar-refractivity contribution >= 4 is 23.2 Å². The molecule has 6 nitrogen and oxygen atoms in total. The Bertz CT molecular complexity index is 836. The highest BCUT2D eigenvalue weighted by molar-refractivity contribution is 5.97. The Morgan fingerprint density at radius 1 is 1.11 bits per heavy atom. The van der Waals surface area contributed by atoms with Gasteiger partial charge < -0.3 is 20.3 Å². The third kappa shape index (κ3) is 5.03. The third-order valence-electron chi connectivity index (χ3n) is 4.91. The molecule has 1 heterocycles. The number of nitrogens with zero attached hydrogens (tertiary/aromatic N) is 1. The molecule has 0 unspecified atom stereocenters. The van der Waals surface area contributed by atoms with Crippen molar-refractivity contribution in [1.29, 1.82) is 0 Å². The van der Waals surface area contributed by atoms with E-state index in [1.165, 1.54) is 5.56 Å². The molecule has 0 bridgehead atoms. The molecule has 28 heavy (non-hydrogen) atoms. The molecule has 0 atom stereocenters. The summed E-state index contributed by atoms with van der Waals surface area (Å²) in [5.74, 6) is 0.415. The predicted molar refractivity (Wildman–Crippen MR) is 111 cm³/mol. The van der Waals surface area contributed by atoms with Crippen LogP contribution in [0.4, 0.5) is 11.4 Å². The van der Waals surface area contributed by atoms with Gasteiger partial charge in [0, 0.05) is 39.0 Å². The fraction of sp³-hybridized carbons (Fsp3) is 0.364. The Morgan fingerprint density at radius 3 is 2.61 bits per heavy atom. The van der Waals surface area contributed by atoms with Crippen LogP contribution in [0, 0.1) is 0 Å². The fourth-order valence-electron chi connectivity index (χ4n) is 3.46. The van der Waals surface area contributed by atoms with Crippen LogP contribution in [0.5, 0.6) is 5.75 Å². The molecule has 0 fully saturated rings. The largest absolute Gasteiger partial charge is 0.497 e. The molecule has 0 saturated heterocycles. The van der Waals surface area contributed by atoms with Gasteiger partial charge in [0.25, 0.3) is 0 Å². The van der Waals surface area contributed by atoms with Crippen molar-refractivity contribution in [3.8, 4) is 5.75 Å². The maximum Gasteiger partial charge on any atom is 0.224 e. The van der Waals surface area contributed by atoms with Gasteiger partial charge in [0.1, 0.15) is 5.75 Å². The lowest BCUT2D eigenvalue weighted by Crippen LogP contribution is -2.27. The van der Waals surface area contributed by atoms with Crippen LogP contribution >= 0.6 is 0 Å². The smallest absolute Gasteiger partial charge is 0.224 e. The summed E-state index contributed by atoms with van der Waals surface area (Å²) in [5, 5.41) is 5.81. The van der Waals surface area contributed by atoms with Crippen molar-refractivity contribution in [2.24, 2.45) is 0 Å². The molecule has 148 valence electrons. The topological polar surface area (TPSA) is 70.7 Å². The predicted octanol–water partition coefficient (Wildman–Crippen LogP) is 3.11. The van der Waals surface area contributed by atoms with Crippen LogP contribution in [0.1, 0.15) is 30.4 Å². The summed E-state index contributed by atoms with van der Waals surface area (Å²) in [4.78, 5) is 26.6. The molecule has 0 saturated carbocycles. The Morgan fingerprint density at radius 2 is 1.86 bits per heavy atom. The number of methoxy groups -OCH3 is 1. The number of hydrogen-bond donors (Lipinski definition) is 2. The number of aryl methyl sites for hydroxylation is 1. The zero-order valence-corrected chi connectivity index (χ0v) is 16.5. The molecule has 6 heteroatoms. The van der Waals surface area contributed by atoms with Crippen molar-refractivity contribution in [2.45, 2.75) is 32.2 Å². The van der Waals surface area contributed by atoms with Crippen molar-refractivity contribution in [2.75, 3.05) is 30.9 Å². The van der Waals surface area contributed by atoms with E-state index in [1.54, 1.807) is 7.11 Å². The van der Waals surface area contributed by atoms with Crippen molar-refractivity contribution < 1.29 is 14.3 Å². The molecule has 2 aromatic rings. The fourth-order valence-corrected chi connectivity index (χ4v) is 3.46. The number of fused-ring (bicyclic) bond motifs is 1. The van der Waals surface area contributed by atoms with Crippen LogP contribution in [0.15, 0.2) is 42.5 Å². The van der Waals surface area contributed by atoms with E-state index in [4.69, 9.17) is 4.74 Å². The molecule has 0 radical (unpaired) electrons. The summed E-state index contributed by atoms with van der Waals surface area (Å²) in [6.45, 7) is 1.42. The van der Waals surface area contributed by atoms with Crippen LogP contribution in [0.3, 0.4) is 0 Å². The molecule has 0 aliphatic carbocycles. The Kier molecular flexibility index (Phi) is 6.53. The first kappa shape index (κ1) is 19.7. The lowest BCUT2D eigenvalue weighted by molar-refractivity contribution is -0.124. The maximum atomic E-state index is 12.4. The lowest BCUT2D eigenvalue weighted by atomic mass is 10.00. The van der Waals surface area contributed by atoms with E-state index in [-0.39, 0.29) is 24.7 Å². The summed E-state index contributed by atoms with van der Waals surface area (Å²) in [7, 11) is 3.65. The molecule has 1 aliphatic rings. The number of rotatable bonds is 7. The lowest BCUT2D eigenvalue weighted by Gasteiger charge is -2.30. The summed E-state index contributed by atoms with van der Waals surface area (Å²) < 4.78 is 5.38. The number of carbonyl (C=O) groups is 2. The van der Waals surface area contributed by atoms with E-state index in [1.807, 2.05) is 49.5 Å². The molecule has 0 spiro atoms. The summed E-state index contributed by atoms with van der Waals surface area (Å²) >= 11 is 0. The Hall–Kier alpha value is -3.02. The Labute approximate surface area is 165 Å². The molecule has 0 aromatic heterocycles. The molecule has 3 rings (SSSR count). The maximum absolute atomic E-state index is 12.4. The number of amides is 2. The number of nitrogens with one attached hydrogen (secondary N) is 2. The SMILES string of the molecule is COc1cc2c(c(NC(=O)CCC(=O)NCc3ccccc3)c1)N(C)CCC2. The highest BCUT2D eigenvalue weighted by Gasteiger charge is 2.20. The van der Waals surface area contributed by atoms with Gasteiger partial charge >= 0.3 is 0 Å². The van der Waals surface area contributed by atoms with E-state index in [0.29, 0.717) is 6.54 Å².